The summed E-state index contributed by atoms with van der Waals surface area (Å²) in [6.45, 7) is 10.6. The quantitative estimate of drug-likeness (QED) is 0.374. The molecule has 0 atom stereocenters. The number of rotatable bonds is 4. The molecule has 0 spiro atoms. The van der Waals surface area contributed by atoms with Crippen LogP contribution in [0, 0.1) is 6.92 Å². The first-order valence-corrected chi connectivity index (χ1v) is 6.72. The van der Waals surface area contributed by atoms with Gasteiger partial charge >= 0.3 is 0 Å². The smallest absolute Gasteiger partial charge is 0.147 e. The minimum Gasteiger partial charge on any atom is -0.308 e. The molecule has 3 N–H and O–H groups in total. The third-order valence-electron chi connectivity index (χ3n) is 2.16. The number of nitrogens with two attached hydrogens (primary N) is 1. The number of anilines is 1. The molecule has 0 aliphatic heterocycles. The van der Waals surface area contributed by atoms with Crippen molar-refractivity contribution in [2.75, 3.05) is 5.43 Å². The Balaban J connectivity index is 3.13. The number of hydrazine groups is 1. The topological polar surface area (TPSA) is 63.8 Å². The number of thioether (sulfide) groups is 1. The standard InChI is InChI=1S/C12H22N4S/c1-6-7-9-14-10(16-13)8(2)11(15-9)17-12(3,4)5/h6-7,13H2,1-5H3,(H,14,15,16). The molecular formula is C12H22N4S. The Morgan fingerprint density at radius 2 is 1.94 bits per heavy atom. The molecule has 4 nitrogen and oxygen atoms in total. The summed E-state index contributed by atoms with van der Waals surface area (Å²) < 4.78 is 0.133. The number of nitrogens with zero attached hydrogens (tertiary/aromatic N) is 2. The van der Waals surface area contributed by atoms with Crippen LogP contribution in [0.3, 0.4) is 0 Å². The summed E-state index contributed by atoms with van der Waals surface area (Å²) in [5.74, 6) is 7.09. The molecule has 0 saturated carbocycles. The molecule has 0 aliphatic carbocycles. The van der Waals surface area contributed by atoms with Gasteiger partial charge in [0.15, 0.2) is 0 Å². The van der Waals surface area contributed by atoms with Gasteiger partial charge in [0.2, 0.25) is 0 Å². The number of hydrogen-bond acceptors (Lipinski definition) is 5. The van der Waals surface area contributed by atoms with Gasteiger partial charge < -0.3 is 5.43 Å². The van der Waals surface area contributed by atoms with Crippen LogP contribution in [0.2, 0.25) is 0 Å². The van der Waals surface area contributed by atoms with E-state index in [1.807, 2.05) is 6.92 Å². The van der Waals surface area contributed by atoms with Gasteiger partial charge in [0, 0.05) is 16.7 Å². The summed E-state index contributed by atoms with van der Waals surface area (Å²) in [4.78, 5) is 9.02. The summed E-state index contributed by atoms with van der Waals surface area (Å²) in [6, 6.07) is 0. The average molecular weight is 254 g/mol. The van der Waals surface area contributed by atoms with Crippen LogP contribution in [0.1, 0.15) is 45.5 Å². The maximum absolute atomic E-state index is 5.50. The van der Waals surface area contributed by atoms with Crippen LogP contribution >= 0.6 is 11.8 Å². The molecule has 96 valence electrons. The van der Waals surface area contributed by atoms with Crippen molar-refractivity contribution >= 4 is 17.6 Å². The van der Waals surface area contributed by atoms with Crippen LogP contribution in [0.25, 0.3) is 0 Å². The van der Waals surface area contributed by atoms with E-state index in [0.717, 1.165) is 35.1 Å². The van der Waals surface area contributed by atoms with Gasteiger partial charge in [-0.1, -0.05) is 27.7 Å². The van der Waals surface area contributed by atoms with Crippen molar-refractivity contribution in [3.63, 3.8) is 0 Å². The molecular weight excluding hydrogens is 232 g/mol. The van der Waals surface area contributed by atoms with Gasteiger partial charge in [0.05, 0.1) is 0 Å². The van der Waals surface area contributed by atoms with E-state index in [1.54, 1.807) is 11.8 Å². The second-order valence-electron chi connectivity index (χ2n) is 5.03. The van der Waals surface area contributed by atoms with E-state index in [0.29, 0.717) is 0 Å². The fourth-order valence-electron chi connectivity index (χ4n) is 1.41. The van der Waals surface area contributed by atoms with E-state index in [1.165, 1.54) is 0 Å². The van der Waals surface area contributed by atoms with E-state index in [-0.39, 0.29) is 4.75 Å². The Labute approximate surface area is 108 Å². The Bertz CT molecular complexity index is 385. The Morgan fingerprint density at radius 1 is 1.29 bits per heavy atom. The van der Waals surface area contributed by atoms with Crippen LogP contribution in [-0.4, -0.2) is 14.7 Å². The first-order chi connectivity index (χ1) is 7.87. The lowest BCUT2D eigenvalue weighted by molar-refractivity contribution is 0.778. The molecule has 0 aliphatic rings. The first kappa shape index (κ1) is 14.3. The van der Waals surface area contributed by atoms with E-state index < -0.39 is 0 Å². The zero-order valence-electron chi connectivity index (χ0n) is 11.3. The fourth-order valence-corrected chi connectivity index (χ4v) is 2.39. The van der Waals surface area contributed by atoms with Crippen LogP contribution in [0.5, 0.6) is 0 Å². The van der Waals surface area contributed by atoms with E-state index in [2.05, 4.69) is 43.1 Å². The van der Waals surface area contributed by atoms with Gasteiger partial charge in [-0.15, -0.1) is 11.8 Å². The highest BCUT2D eigenvalue weighted by molar-refractivity contribution is 8.00. The molecule has 0 fully saturated rings. The molecule has 1 heterocycles. The minimum absolute atomic E-state index is 0.133. The van der Waals surface area contributed by atoms with Gasteiger partial charge in [-0.25, -0.2) is 15.8 Å². The highest BCUT2D eigenvalue weighted by atomic mass is 32.2. The molecule has 0 radical (unpaired) electrons. The first-order valence-electron chi connectivity index (χ1n) is 5.90. The summed E-state index contributed by atoms with van der Waals surface area (Å²) in [5.41, 5.74) is 3.68. The lowest BCUT2D eigenvalue weighted by Crippen LogP contribution is -2.15. The third-order valence-corrected chi connectivity index (χ3v) is 3.36. The van der Waals surface area contributed by atoms with E-state index in [4.69, 9.17) is 5.84 Å². The molecule has 17 heavy (non-hydrogen) atoms. The number of hydrogen-bond donors (Lipinski definition) is 2. The molecule has 0 saturated heterocycles. The normalized spacial score (nSPS) is 11.6. The Morgan fingerprint density at radius 3 is 2.41 bits per heavy atom. The van der Waals surface area contributed by atoms with E-state index in [9.17, 15) is 0 Å². The van der Waals surface area contributed by atoms with Gasteiger partial charge in [-0.2, -0.15) is 0 Å². The molecule has 1 aromatic heterocycles. The van der Waals surface area contributed by atoms with Crippen LogP contribution < -0.4 is 11.3 Å². The monoisotopic (exact) mass is 254 g/mol. The summed E-state index contributed by atoms with van der Waals surface area (Å²) in [5, 5.41) is 1.02. The number of nitrogen functional groups attached to an aromatic ring is 1. The maximum atomic E-state index is 5.50. The second-order valence-corrected chi connectivity index (χ2v) is 6.84. The molecule has 0 unspecified atom stereocenters. The highest BCUT2D eigenvalue weighted by Crippen LogP contribution is 2.34. The largest absolute Gasteiger partial charge is 0.308 e. The molecule has 1 aromatic rings. The zero-order valence-corrected chi connectivity index (χ0v) is 12.1. The Hall–Kier alpha value is -0.810. The summed E-state index contributed by atoms with van der Waals surface area (Å²) in [7, 11) is 0. The predicted octanol–water partition coefficient (Wildman–Crippen LogP) is 2.91. The fraction of sp³-hybridized carbons (Fsp3) is 0.667. The van der Waals surface area contributed by atoms with Crippen molar-refractivity contribution in [2.24, 2.45) is 5.84 Å². The summed E-state index contributed by atoms with van der Waals surface area (Å²) >= 11 is 1.75. The van der Waals surface area contributed by atoms with Gasteiger partial charge in [-0.05, 0) is 13.3 Å². The van der Waals surface area contributed by atoms with Gasteiger partial charge in [0.25, 0.3) is 0 Å². The second kappa shape index (κ2) is 5.69. The lowest BCUT2D eigenvalue weighted by Gasteiger charge is -2.19. The number of nitrogens with one attached hydrogen (secondary N) is 1. The molecule has 0 amide bonds. The molecule has 0 aromatic carbocycles. The van der Waals surface area contributed by atoms with Crippen molar-refractivity contribution in [3.8, 4) is 0 Å². The zero-order chi connectivity index (χ0) is 13.1. The number of aromatic nitrogens is 2. The van der Waals surface area contributed by atoms with Crippen molar-refractivity contribution in [1.29, 1.82) is 0 Å². The Kier molecular flexibility index (Phi) is 4.77. The van der Waals surface area contributed by atoms with Crippen molar-refractivity contribution in [1.82, 2.24) is 9.97 Å². The highest BCUT2D eigenvalue weighted by Gasteiger charge is 2.18. The SMILES string of the molecule is CCCc1nc(NN)c(C)c(SC(C)(C)C)n1. The van der Waals surface area contributed by atoms with Crippen molar-refractivity contribution in [2.45, 2.75) is 57.2 Å². The average Bonchev–Trinajstić information content (AvgIpc) is 2.21. The lowest BCUT2D eigenvalue weighted by atomic mass is 10.3. The molecule has 1 rings (SSSR count). The van der Waals surface area contributed by atoms with Crippen LogP contribution in [0.4, 0.5) is 5.82 Å². The van der Waals surface area contributed by atoms with Gasteiger partial charge in [0.1, 0.15) is 16.7 Å². The van der Waals surface area contributed by atoms with E-state index >= 15 is 0 Å². The predicted molar refractivity (Wildman–Crippen MR) is 74.2 cm³/mol. The number of aryl methyl sites for hydroxylation is 1. The van der Waals surface area contributed by atoms with Crippen LogP contribution in [0.15, 0.2) is 5.03 Å². The van der Waals surface area contributed by atoms with Crippen molar-refractivity contribution in [3.05, 3.63) is 11.4 Å². The maximum Gasteiger partial charge on any atom is 0.147 e. The van der Waals surface area contributed by atoms with Gasteiger partial charge in [-0.3, -0.25) is 0 Å². The third kappa shape index (κ3) is 4.16. The minimum atomic E-state index is 0.133. The summed E-state index contributed by atoms with van der Waals surface area (Å²) in [6.07, 6.45) is 1.92. The molecule has 5 heteroatoms. The van der Waals surface area contributed by atoms with Crippen LogP contribution in [-0.2, 0) is 6.42 Å². The van der Waals surface area contributed by atoms with Crippen molar-refractivity contribution < 1.29 is 0 Å². The molecule has 0 bridgehead atoms.